The van der Waals surface area contributed by atoms with E-state index in [1.165, 1.54) is 0 Å². The molecule has 29 heavy (non-hydrogen) atoms. The molecule has 5 nitrogen and oxygen atoms in total. The van der Waals surface area contributed by atoms with E-state index < -0.39 is 70.5 Å². The van der Waals surface area contributed by atoms with Crippen molar-refractivity contribution >= 4 is 5.97 Å². The maximum atomic E-state index is 14.4. The SMILES string of the molecule is CC.COc1c(F)c(C)c(C(O)(C(F)(F)F)C(F)(F)F)c(CC(N)C(=O)O)c1F. The zero-order chi connectivity index (χ0) is 23.5. The fourth-order valence-corrected chi connectivity index (χ4v) is 2.46. The van der Waals surface area contributed by atoms with E-state index in [-0.39, 0.29) is 0 Å². The predicted octanol–water partition coefficient (Wildman–Crippen LogP) is 3.57. The van der Waals surface area contributed by atoms with Crippen LogP contribution in [0.3, 0.4) is 0 Å². The van der Waals surface area contributed by atoms with Crippen LogP contribution in [0.1, 0.15) is 30.5 Å². The number of aliphatic carboxylic acids is 1. The van der Waals surface area contributed by atoms with Crippen LogP contribution in [-0.4, -0.2) is 41.7 Å². The van der Waals surface area contributed by atoms with Crippen LogP contribution in [0.25, 0.3) is 0 Å². The molecule has 1 atom stereocenters. The second-order valence-electron chi connectivity index (χ2n) is 5.49. The van der Waals surface area contributed by atoms with Gasteiger partial charge in [-0.05, 0) is 12.5 Å². The molecule has 13 heteroatoms. The lowest BCUT2D eigenvalue weighted by molar-refractivity contribution is -0.376. The average Bonchev–Trinajstić information content (AvgIpc) is 2.59. The first-order valence-corrected chi connectivity index (χ1v) is 7.91. The van der Waals surface area contributed by atoms with Gasteiger partial charge in [-0.2, -0.15) is 26.3 Å². The van der Waals surface area contributed by atoms with Crippen LogP contribution >= 0.6 is 0 Å². The van der Waals surface area contributed by atoms with Crippen molar-refractivity contribution in [3.05, 3.63) is 28.3 Å². The Morgan fingerprint density at radius 2 is 1.48 bits per heavy atom. The molecule has 0 aliphatic carbocycles. The molecule has 0 spiro atoms. The summed E-state index contributed by atoms with van der Waals surface area (Å²) in [5.74, 6) is -7.21. The molecule has 0 bridgehead atoms. The van der Waals surface area contributed by atoms with Gasteiger partial charge in [-0.1, -0.05) is 13.8 Å². The lowest BCUT2D eigenvalue weighted by Crippen LogP contribution is -2.55. The van der Waals surface area contributed by atoms with Gasteiger partial charge < -0.3 is 20.7 Å². The minimum Gasteiger partial charge on any atom is -0.491 e. The van der Waals surface area contributed by atoms with Crippen molar-refractivity contribution in [1.29, 1.82) is 0 Å². The Balaban J connectivity index is 0.00000379. The molecular formula is C16H19F8NO4. The molecule has 0 aromatic heterocycles. The minimum atomic E-state index is -6.45. The number of hydrogen-bond donors (Lipinski definition) is 3. The van der Waals surface area contributed by atoms with Crippen LogP contribution in [0.5, 0.6) is 5.75 Å². The Morgan fingerprint density at radius 3 is 1.79 bits per heavy atom. The average molecular weight is 441 g/mol. The maximum Gasteiger partial charge on any atom is 0.430 e. The van der Waals surface area contributed by atoms with E-state index in [4.69, 9.17) is 10.8 Å². The van der Waals surface area contributed by atoms with Gasteiger partial charge in [-0.25, -0.2) is 8.78 Å². The number of aliphatic hydroxyl groups is 1. The van der Waals surface area contributed by atoms with E-state index in [0.29, 0.717) is 14.0 Å². The monoisotopic (exact) mass is 441 g/mol. The lowest BCUT2D eigenvalue weighted by Gasteiger charge is -2.36. The van der Waals surface area contributed by atoms with E-state index in [1.54, 1.807) is 0 Å². The van der Waals surface area contributed by atoms with Gasteiger partial charge in [-0.15, -0.1) is 0 Å². The zero-order valence-electron chi connectivity index (χ0n) is 15.6. The number of carboxylic acid groups (broad SMARTS) is 1. The number of ether oxygens (including phenoxy) is 1. The van der Waals surface area contributed by atoms with Crippen molar-refractivity contribution in [2.24, 2.45) is 5.73 Å². The van der Waals surface area contributed by atoms with Crippen LogP contribution in [0.4, 0.5) is 35.1 Å². The molecule has 0 aliphatic heterocycles. The van der Waals surface area contributed by atoms with Gasteiger partial charge in [0.05, 0.1) is 7.11 Å². The number of nitrogens with two attached hydrogens (primary N) is 1. The molecule has 0 radical (unpaired) electrons. The van der Waals surface area contributed by atoms with E-state index in [1.807, 2.05) is 13.8 Å². The highest BCUT2D eigenvalue weighted by Crippen LogP contribution is 2.53. The number of halogens is 8. The molecule has 1 aromatic rings. The molecule has 1 unspecified atom stereocenters. The van der Waals surface area contributed by atoms with Gasteiger partial charge in [0.25, 0.3) is 5.60 Å². The standard InChI is InChI=1S/C14H13F8NO4.C2H6/c1-4-7(12(26,13(17,18)19)14(20,21)22)5(3-6(23)11(24)25)9(16)10(27-2)8(4)15;1-2/h6,26H,3,23H2,1-2H3,(H,24,25);1-2H3. The predicted molar refractivity (Wildman–Crippen MR) is 84.3 cm³/mol. The Hall–Kier alpha value is -2.15. The maximum absolute atomic E-state index is 14.4. The summed E-state index contributed by atoms with van der Waals surface area (Å²) in [5, 5.41) is 18.3. The topological polar surface area (TPSA) is 92.8 Å². The molecule has 0 aliphatic rings. The Labute approximate surface area is 160 Å². The zero-order valence-corrected chi connectivity index (χ0v) is 15.6. The number of methoxy groups -OCH3 is 1. The molecule has 0 amide bonds. The number of benzene rings is 1. The van der Waals surface area contributed by atoms with E-state index in [0.717, 1.165) is 0 Å². The molecule has 0 heterocycles. The van der Waals surface area contributed by atoms with Crippen molar-refractivity contribution in [1.82, 2.24) is 0 Å². The summed E-state index contributed by atoms with van der Waals surface area (Å²) < 4.78 is 112. The third-order valence-corrected chi connectivity index (χ3v) is 3.80. The molecule has 168 valence electrons. The highest BCUT2D eigenvalue weighted by atomic mass is 19.4. The van der Waals surface area contributed by atoms with Crippen LogP contribution in [0.2, 0.25) is 0 Å². The highest BCUT2D eigenvalue weighted by molar-refractivity contribution is 5.73. The molecular weight excluding hydrogens is 422 g/mol. The summed E-state index contributed by atoms with van der Waals surface area (Å²) in [7, 11) is 0.682. The van der Waals surface area contributed by atoms with E-state index in [9.17, 15) is 45.0 Å². The van der Waals surface area contributed by atoms with E-state index >= 15 is 0 Å². The third kappa shape index (κ3) is 4.71. The normalized spacial score (nSPS) is 13.4. The Bertz CT molecular complexity index is 732. The number of hydrogen-bond acceptors (Lipinski definition) is 4. The highest BCUT2D eigenvalue weighted by Gasteiger charge is 2.72. The van der Waals surface area contributed by atoms with Gasteiger partial charge in [0, 0.05) is 17.5 Å². The smallest absolute Gasteiger partial charge is 0.430 e. The van der Waals surface area contributed by atoms with Crippen molar-refractivity contribution < 1.29 is 54.9 Å². The van der Waals surface area contributed by atoms with Crippen molar-refractivity contribution in [2.75, 3.05) is 7.11 Å². The van der Waals surface area contributed by atoms with Gasteiger partial charge >= 0.3 is 18.3 Å². The van der Waals surface area contributed by atoms with Crippen LogP contribution in [-0.2, 0) is 16.8 Å². The van der Waals surface area contributed by atoms with Gasteiger partial charge in [0.2, 0.25) is 0 Å². The molecule has 0 fully saturated rings. The molecule has 0 saturated heterocycles. The van der Waals surface area contributed by atoms with Crippen LogP contribution in [0.15, 0.2) is 0 Å². The first-order valence-electron chi connectivity index (χ1n) is 7.91. The number of carboxylic acids is 1. The van der Waals surface area contributed by atoms with Crippen LogP contribution in [0, 0.1) is 18.6 Å². The minimum absolute atomic E-state index is 0.421. The summed E-state index contributed by atoms with van der Waals surface area (Å²) in [5.41, 5.74) is -5.85. The molecule has 1 rings (SSSR count). The summed E-state index contributed by atoms with van der Waals surface area (Å²) in [6.45, 7) is 4.42. The van der Waals surface area contributed by atoms with Crippen LogP contribution < -0.4 is 10.5 Å². The largest absolute Gasteiger partial charge is 0.491 e. The van der Waals surface area contributed by atoms with Crippen molar-refractivity contribution in [3.8, 4) is 5.75 Å². The first kappa shape index (κ1) is 26.9. The second-order valence-corrected chi connectivity index (χ2v) is 5.49. The second kappa shape index (κ2) is 9.11. The Kier molecular flexibility index (Phi) is 8.44. The van der Waals surface area contributed by atoms with Crippen molar-refractivity contribution in [2.45, 2.75) is 51.2 Å². The molecule has 0 saturated carbocycles. The molecule has 1 aromatic carbocycles. The summed E-state index contributed by atoms with van der Waals surface area (Å²) in [6, 6.07) is -2.15. The fourth-order valence-electron chi connectivity index (χ4n) is 2.46. The number of carbonyl (C=O) groups is 1. The van der Waals surface area contributed by atoms with Gasteiger partial charge in [0.15, 0.2) is 17.4 Å². The Morgan fingerprint density at radius 1 is 1.07 bits per heavy atom. The summed E-state index contributed by atoms with van der Waals surface area (Å²) in [4.78, 5) is 10.8. The van der Waals surface area contributed by atoms with Gasteiger partial charge in [-0.3, -0.25) is 4.79 Å². The lowest BCUT2D eigenvalue weighted by atomic mass is 9.82. The van der Waals surface area contributed by atoms with Gasteiger partial charge in [0.1, 0.15) is 6.04 Å². The third-order valence-electron chi connectivity index (χ3n) is 3.80. The first-order chi connectivity index (χ1) is 13.0. The summed E-state index contributed by atoms with van der Waals surface area (Å²) >= 11 is 0. The fraction of sp³-hybridized carbons (Fsp3) is 0.562. The summed E-state index contributed by atoms with van der Waals surface area (Å²) in [6.07, 6.45) is -14.3. The number of rotatable bonds is 5. The number of alkyl halides is 6. The quantitative estimate of drug-likeness (QED) is 0.608. The molecule has 4 N–H and O–H groups in total. The van der Waals surface area contributed by atoms with Crippen molar-refractivity contribution in [3.63, 3.8) is 0 Å². The van der Waals surface area contributed by atoms with E-state index in [2.05, 4.69) is 4.74 Å².